The number of likely N-dealkylation sites (N-methyl/N-ethyl adjacent to an activating group) is 1. The second kappa shape index (κ2) is 44.1. The van der Waals surface area contributed by atoms with Crippen LogP contribution in [0.4, 0.5) is 27.1 Å². The zero-order chi connectivity index (χ0) is 92.1. The number of nitrogens with zero attached hydrogens (tertiary/aromatic N) is 19. The van der Waals surface area contributed by atoms with Crippen molar-refractivity contribution in [3.8, 4) is 28.8 Å². The number of carbonyl (C=O) groups is 5. The molecule has 0 bridgehead atoms. The minimum absolute atomic E-state index is 0.0606. The van der Waals surface area contributed by atoms with Gasteiger partial charge in [0.1, 0.15) is 11.6 Å². The maximum Gasteiger partial charge on any atom is 0.211 e. The number of likely N-dealkylation sites (tertiary alicyclic amines) is 4. The largest absolute Gasteiger partial charge is 0.313 e. The molecule has 0 atom stereocenters. The summed E-state index contributed by atoms with van der Waals surface area (Å²) in [5.74, 6) is 0.107. The first kappa shape index (κ1) is 94.2. The van der Waals surface area contributed by atoms with Gasteiger partial charge in [-0.1, -0.05) is 92.3 Å². The lowest BCUT2D eigenvalue weighted by Crippen LogP contribution is -2.34. The Bertz CT molecular complexity index is 6580. The lowest BCUT2D eigenvalue weighted by molar-refractivity contribution is -0.119. The molecular weight excluding hydrogens is 1650 g/mol. The Morgan fingerprint density at radius 1 is 0.462 bits per heavy atom. The van der Waals surface area contributed by atoms with Crippen LogP contribution in [-0.4, -0.2) is 194 Å². The number of azide groups is 1. The van der Waals surface area contributed by atoms with E-state index in [2.05, 4.69) is 55.1 Å². The van der Waals surface area contributed by atoms with E-state index in [-0.39, 0.29) is 34.7 Å². The summed E-state index contributed by atoms with van der Waals surface area (Å²) in [5, 5.41) is 14.5. The van der Waals surface area contributed by atoms with Crippen LogP contribution in [-0.2, 0) is 27.7 Å². The second-order valence-corrected chi connectivity index (χ2v) is 35.7. The number of hydrogen-bond acceptors (Lipinski definition) is 15. The zero-order valence-electron chi connectivity index (χ0n) is 74.8. The standard InChI is InChI=1S/C28H31N7O2.C27H33N5O3S.C24H22N4O.C23H22FN3O/c1-20-27(26(37)19-34-15-4-3-5-16-34)28-25(35(20)23-11-9-22(30-2)10-12-23)17-21(18-31-28)8-13-24(36)7-6-14-32-33-29;1-5-31(36(4,34)35)16-13-21-17-24-27(29-18-21)26(25(33)19-30-14-7-6-8-15-30)20(2)32(24)23-11-9-22(28-3)10-12-23;1-17-24(23(29)16-27-12-4-3-5-13-27)21-11-6-18(15-25)14-22(21)28(17)20-9-7-19(26-2)8-10-20;1-16-23(22(28)15-26-12-4-3-5-13-26)20-11-6-17(24)14-21(20)27(16)19-9-7-18(25-2)8-10-19/h9-12,17-18H,3-8,13-16,19H2,1H3;9-12,17-18H,5-8,13-16,19H2,1-2,4H3;6-11,14H,3-5,12-13,16H2,1H3;6-11,14H,3-5,12-13,15H2,1H3. The molecule has 4 aliphatic rings. The van der Waals surface area contributed by atoms with Crippen molar-refractivity contribution in [1.29, 1.82) is 5.26 Å². The van der Waals surface area contributed by atoms with E-state index in [1.54, 1.807) is 73.1 Å². The molecule has 4 saturated heterocycles. The molecule has 130 heavy (non-hydrogen) atoms. The third-order valence-electron chi connectivity index (χ3n) is 25.0. The van der Waals surface area contributed by atoms with E-state index in [0.29, 0.717) is 139 Å². The van der Waals surface area contributed by atoms with Gasteiger partial charge in [-0.05, 0) is 258 Å². The van der Waals surface area contributed by atoms with E-state index in [1.807, 2.05) is 126 Å². The van der Waals surface area contributed by atoms with Gasteiger partial charge >= 0.3 is 0 Å². The minimum Gasteiger partial charge on any atom is -0.313 e. The molecule has 666 valence electrons. The summed E-state index contributed by atoms with van der Waals surface area (Å²) in [6.45, 7) is 48.7. The molecule has 4 fully saturated rings. The Balaban J connectivity index is 0.000000149. The molecule has 26 nitrogen and oxygen atoms in total. The Labute approximate surface area is 759 Å². The second-order valence-electron chi connectivity index (χ2n) is 33.8. The van der Waals surface area contributed by atoms with Gasteiger partial charge in [0.15, 0.2) is 45.9 Å². The normalized spacial score (nSPS) is 14.5. The molecule has 28 heteroatoms. The highest BCUT2D eigenvalue weighted by Gasteiger charge is 2.31. The van der Waals surface area contributed by atoms with E-state index in [1.165, 1.54) is 48.4 Å². The molecule has 0 N–H and O–H groups in total. The number of carbonyl (C=O) groups excluding carboxylic acids is 5. The summed E-state index contributed by atoms with van der Waals surface area (Å²) in [7, 11) is -3.28. The molecule has 6 aromatic carbocycles. The van der Waals surface area contributed by atoms with Crippen molar-refractivity contribution in [2.24, 2.45) is 5.11 Å². The number of fused-ring (bicyclic) bond motifs is 4. The molecule has 0 aliphatic carbocycles. The SMILES string of the molecule is [C-]#[N+]c1ccc(-n2c(C)c(C(=O)CN3CCCCC3)c3ccc(C#N)cc32)cc1.[C-]#[N+]c1ccc(-n2c(C)c(C(=O)CN3CCCCC3)c3ccc(F)cc32)cc1.[C-]#[N+]c1ccc(-n2c(C)c(C(=O)CN3CCCCC3)c3ncc(CCC(=O)CCCN=[N+]=[N-])cc32)cc1.[C-]#[N+]c1ccc(-n2c(C)c(C(=O)CN3CCCCC3)c3ncc(CCN(CC)S(C)(=O)=O)cc32)cc1. The highest BCUT2D eigenvalue weighted by molar-refractivity contribution is 7.88. The number of piperidine rings is 4. The fourth-order valence-corrected chi connectivity index (χ4v) is 19.3. The van der Waals surface area contributed by atoms with Crippen molar-refractivity contribution >= 4 is 106 Å². The topological polar surface area (TPSA) is 271 Å². The van der Waals surface area contributed by atoms with Crippen LogP contribution in [0.5, 0.6) is 0 Å². The number of halogens is 1. The van der Waals surface area contributed by atoms with Gasteiger partial charge in [-0.15, -0.1) is 0 Å². The van der Waals surface area contributed by atoms with Gasteiger partial charge in [-0.2, -0.15) is 5.26 Å². The molecule has 0 amide bonds. The van der Waals surface area contributed by atoms with Crippen LogP contribution in [0.25, 0.3) is 96.4 Å². The smallest absolute Gasteiger partial charge is 0.211 e. The first-order chi connectivity index (χ1) is 62.9. The average molecular weight is 1760 g/mol. The fourth-order valence-electron chi connectivity index (χ4n) is 18.4. The van der Waals surface area contributed by atoms with Crippen molar-refractivity contribution in [2.75, 3.05) is 104 Å². The Hall–Kier alpha value is -13.4. The molecular formula is C102H108FN19O7S. The van der Waals surface area contributed by atoms with Crippen molar-refractivity contribution in [1.82, 2.24) is 52.1 Å². The molecule has 4 aliphatic heterocycles. The predicted octanol–water partition coefficient (Wildman–Crippen LogP) is 20.9. The summed E-state index contributed by atoms with van der Waals surface area (Å²) >= 11 is 0. The Morgan fingerprint density at radius 3 is 1.15 bits per heavy atom. The highest BCUT2D eigenvalue weighted by atomic mass is 32.2. The number of rotatable bonds is 28. The lowest BCUT2D eigenvalue weighted by atomic mass is 10.0. The Morgan fingerprint density at radius 2 is 0.800 bits per heavy atom. The van der Waals surface area contributed by atoms with Crippen molar-refractivity contribution < 1.29 is 36.8 Å². The van der Waals surface area contributed by atoms with Gasteiger partial charge in [-0.3, -0.25) is 53.5 Å². The summed E-state index contributed by atoms with van der Waals surface area (Å²) in [5.41, 5.74) is 26.8. The molecule has 0 radical (unpaired) electrons. The number of Topliss-reactive ketones (excluding diaryl/α,β-unsaturated/α-hetero) is 5. The lowest BCUT2D eigenvalue weighted by Gasteiger charge is -2.25. The van der Waals surface area contributed by atoms with Crippen LogP contribution >= 0.6 is 0 Å². The summed E-state index contributed by atoms with van der Waals surface area (Å²) in [6.07, 6.45) is 21.0. The van der Waals surface area contributed by atoms with Crippen LogP contribution in [0.3, 0.4) is 0 Å². The molecule has 0 spiro atoms. The van der Waals surface area contributed by atoms with Gasteiger partial charge in [0.05, 0.1) is 115 Å². The van der Waals surface area contributed by atoms with Gasteiger partial charge in [0.25, 0.3) is 0 Å². The van der Waals surface area contributed by atoms with Crippen LogP contribution < -0.4 is 0 Å². The number of sulfonamides is 1. The van der Waals surface area contributed by atoms with Crippen LogP contribution in [0.15, 0.2) is 163 Å². The Kier molecular flexibility index (Phi) is 31.9. The summed E-state index contributed by atoms with van der Waals surface area (Å²) in [4.78, 5) is 101. The molecule has 0 unspecified atom stereocenters. The van der Waals surface area contributed by atoms with Gasteiger partial charge < -0.3 is 18.3 Å². The summed E-state index contributed by atoms with van der Waals surface area (Å²) < 4.78 is 47.5. The van der Waals surface area contributed by atoms with Gasteiger partial charge in [0.2, 0.25) is 10.0 Å². The monoisotopic (exact) mass is 1760 g/mol. The average Bonchev–Trinajstić information content (AvgIpc) is 1.62. The number of aromatic nitrogens is 6. The van der Waals surface area contributed by atoms with E-state index < -0.39 is 10.0 Å². The van der Waals surface area contributed by atoms with Gasteiger partial charge in [0, 0.05) is 117 Å². The first-order valence-corrected chi connectivity index (χ1v) is 46.6. The quantitative estimate of drug-likeness (QED) is 0.0110. The van der Waals surface area contributed by atoms with Crippen molar-refractivity contribution in [3.63, 3.8) is 0 Å². The van der Waals surface area contributed by atoms with Crippen molar-refractivity contribution in [3.05, 3.63) is 282 Å². The highest BCUT2D eigenvalue weighted by Crippen LogP contribution is 2.37. The number of benzene rings is 6. The molecule has 12 aromatic rings. The number of hydrogen-bond donors (Lipinski definition) is 0. The van der Waals surface area contributed by atoms with E-state index in [4.69, 9.17) is 41.8 Å². The van der Waals surface area contributed by atoms with Gasteiger partial charge in [-0.25, -0.2) is 36.5 Å². The van der Waals surface area contributed by atoms with Crippen molar-refractivity contribution in [2.45, 2.75) is 144 Å². The third kappa shape index (κ3) is 22.4. The maximum absolute atomic E-state index is 14.0. The molecule has 16 rings (SSSR count). The molecule has 10 heterocycles. The van der Waals surface area contributed by atoms with E-state index in [9.17, 15) is 42.0 Å². The van der Waals surface area contributed by atoms with Crippen LogP contribution in [0.2, 0.25) is 0 Å². The third-order valence-corrected chi connectivity index (χ3v) is 26.3. The van der Waals surface area contributed by atoms with E-state index in [0.717, 1.165) is 193 Å². The molecule has 0 saturated carbocycles. The summed E-state index contributed by atoms with van der Waals surface area (Å²) in [6, 6.07) is 45.4. The number of aryl methyl sites for hydroxylation is 1. The van der Waals surface area contributed by atoms with E-state index >= 15 is 0 Å². The fraction of sp³-hybridized carbons (Fsp3) is 0.373. The maximum atomic E-state index is 14.0. The zero-order valence-corrected chi connectivity index (χ0v) is 75.6. The van der Waals surface area contributed by atoms with Crippen LogP contribution in [0.1, 0.15) is 184 Å². The molecule has 6 aromatic heterocycles. The minimum atomic E-state index is -3.28. The number of ketones is 5. The number of nitriles is 1. The first-order valence-electron chi connectivity index (χ1n) is 44.7. The van der Waals surface area contributed by atoms with Crippen LogP contribution in [0, 0.1) is 71.1 Å². The number of pyridine rings is 2. The predicted molar refractivity (Wildman–Crippen MR) is 508 cm³/mol.